The van der Waals surface area contributed by atoms with Gasteiger partial charge in [-0.3, -0.25) is 19.7 Å². The van der Waals surface area contributed by atoms with Crippen LogP contribution >= 0.6 is 0 Å². The Bertz CT molecular complexity index is 982. The number of hydrogen-bond acceptors (Lipinski definition) is 4. The quantitative estimate of drug-likeness (QED) is 0.546. The number of hydrogen-bond donors (Lipinski definition) is 0. The molecule has 2 aliphatic carbocycles. The van der Waals surface area contributed by atoms with E-state index in [-0.39, 0.29) is 29.5 Å². The van der Waals surface area contributed by atoms with Crippen molar-refractivity contribution in [2.24, 2.45) is 10.9 Å². The number of dihydropyridines is 1. The van der Waals surface area contributed by atoms with Crippen LogP contribution in [0.5, 0.6) is 0 Å². The summed E-state index contributed by atoms with van der Waals surface area (Å²) < 4.78 is 0. The molecule has 3 aliphatic rings. The second-order valence-electron chi connectivity index (χ2n) is 7.84. The van der Waals surface area contributed by atoms with Crippen molar-refractivity contribution in [2.75, 3.05) is 6.54 Å². The number of non-ortho nitro benzene ring substituents is 1. The van der Waals surface area contributed by atoms with Crippen molar-refractivity contribution in [2.45, 2.75) is 38.1 Å². The van der Waals surface area contributed by atoms with Crippen LogP contribution in [0, 0.1) is 16.0 Å². The van der Waals surface area contributed by atoms with Crippen LogP contribution in [-0.4, -0.2) is 39.9 Å². The first-order valence-corrected chi connectivity index (χ1v) is 10.3. The van der Waals surface area contributed by atoms with Gasteiger partial charge in [0.05, 0.1) is 10.6 Å². The number of nitro groups is 1. The molecule has 7 heteroatoms. The fraction of sp³-hybridized carbons (Fsp3) is 0.348. The van der Waals surface area contributed by atoms with E-state index in [4.69, 9.17) is 0 Å². The van der Waals surface area contributed by atoms with E-state index >= 15 is 0 Å². The first kappa shape index (κ1) is 19.9. The predicted octanol–water partition coefficient (Wildman–Crippen LogP) is 4.02. The van der Waals surface area contributed by atoms with Crippen molar-refractivity contribution in [3.05, 3.63) is 75.9 Å². The van der Waals surface area contributed by atoms with Crippen LogP contribution in [0.25, 0.3) is 0 Å². The summed E-state index contributed by atoms with van der Waals surface area (Å²) in [5, 5.41) is 10.9. The van der Waals surface area contributed by atoms with Gasteiger partial charge in [0.1, 0.15) is 0 Å². The number of aliphatic imine (C=N–C) groups is 1. The lowest BCUT2D eigenvalue weighted by Gasteiger charge is -2.36. The first-order chi connectivity index (χ1) is 14.5. The normalized spacial score (nSPS) is 20.9. The molecule has 4 rings (SSSR count). The molecule has 1 aromatic carbocycles. The summed E-state index contributed by atoms with van der Waals surface area (Å²) in [6.07, 6.45) is 14.3. The largest absolute Gasteiger partial charge is 0.332 e. The van der Waals surface area contributed by atoms with E-state index in [9.17, 15) is 19.7 Å². The minimum Gasteiger partial charge on any atom is -0.332 e. The lowest BCUT2D eigenvalue weighted by molar-refractivity contribution is -0.384. The highest BCUT2D eigenvalue weighted by atomic mass is 16.6. The Hall–Kier alpha value is -3.35. The third kappa shape index (κ3) is 4.15. The zero-order valence-corrected chi connectivity index (χ0v) is 16.6. The molecule has 1 aromatic rings. The maximum Gasteiger partial charge on any atom is 0.270 e. The third-order valence-electron chi connectivity index (χ3n) is 5.90. The molecule has 0 radical (unpaired) electrons. The molecule has 0 saturated heterocycles. The molecule has 1 unspecified atom stereocenters. The molecule has 1 fully saturated rings. The van der Waals surface area contributed by atoms with Crippen LogP contribution in [0.1, 0.15) is 42.5 Å². The second kappa shape index (κ2) is 8.57. The molecule has 0 spiro atoms. The molecule has 30 heavy (non-hydrogen) atoms. The SMILES string of the molecule is O=C1C=C(CN(C(=O)c2ccc([N+](=O)[O-])cc2)C2CCCCC2)C2C=CC=CC2=N1. The van der Waals surface area contributed by atoms with Crippen LogP contribution in [0.3, 0.4) is 0 Å². The van der Waals surface area contributed by atoms with Gasteiger partial charge in [-0.25, -0.2) is 4.99 Å². The molecule has 1 heterocycles. The molecule has 1 saturated carbocycles. The molecule has 0 aromatic heterocycles. The fourth-order valence-electron chi connectivity index (χ4n) is 4.35. The van der Waals surface area contributed by atoms with Gasteiger partial charge in [-0.15, -0.1) is 0 Å². The number of carbonyl (C=O) groups is 2. The van der Waals surface area contributed by atoms with Gasteiger partial charge in [-0.05, 0) is 36.6 Å². The number of nitro benzene ring substituents is 1. The summed E-state index contributed by atoms with van der Waals surface area (Å²) in [6.45, 7) is 0.341. The van der Waals surface area contributed by atoms with Crippen LogP contribution in [0.4, 0.5) is 5.69 Å². The first-order valence-electron chi connectivity index (χ1n) is 10.3. The van der Waals surface area contributed by atoms with Gasteiger partial charge >= 0.3 is 0 Å². The van der Waals surface area contributed by atoms with Gasteiger partial charge in [0.25, 0.3) is 17.5 Å². The lowest BCUT2D eigenvalue weighted by Crippen LogP contribution is -2.44. The molecule has 0 bridgehead atoms. The van der Waals surface area contributed by atoms with Gasteiger partial charge in [-0.2, -0.15) is 0 Å². The maximum absolute atomic E-state index is 13.4. The minimum absolute atomic E-state index is 0.0451. The number of benzene rings is 1. The zero-order valence-electron chi connectivity index (χ0n) is 16.6. The Morgan fingerprint density at radius 1 is 1.13 bits per heavy atom. The third-order valence-corrected chi connectivity index (χ3v) is 5.90. The van der Waals surface area contributed by atoms with Crippen molar-refractivity contribution in [3.63, 3.8) is 0 Å². The number of amides is 2. The zero-order chi connectivity index (χ0) is 21.1. The molecule has 154 valence electrons. The summed E-state index contributed by atoms with van der Waals surface area (Å²) >= 11 is 0. The highest BCUT2D eigenvalue weighted by Gasteiger charge is 2.31. The number of fused-ring (bicyclic) bond motifs is 1. The van der Waals surface area contributed by atoms with Crippen molar-refractivity contribution in [1.82, 2.24) is 4.90 Å². The van der Waals surface area contributed by atoms with E-state index in [1.807, 2.05) is 29.2 Å². The monoisotopic (exact) mass is 405 g/mol. The summed E-state index contributed by atoms with van der Waals surface area (Å²) in [4.78, 5) is 42.0. The Labute approximate surface area is 174 Å². The van der Waals surface area contributed by atoms with E-state index in [1.165, 1.54) is 30.3 Å². The van der Waals surface area contributed by atoms with Gasteiger partial charge in [-0.1, -0.05) is 37.5 Å². The van der Waals surface area contributed by atoms with E-state index in [0.29, 0.717) is 17.8 Å². The minimum atomic E-state index is -0.477. The van der Waals surface area contributed by atoms with Crippen molar-refractivity contribution in [1.29, 1.82) is 0 Å². The lowest BCUT2D eigenvalue weighted by atomic mass is 9.86. The Morgan fingerprint density at radius 3 is 2.57 bits per heavy atom. The molecular formula is C23H23N3O4. The number of nitrogens with zero attached hydrogens (tertiary/aromatic N) is 3. The van der Waals surface area contributed by atoms with Crippen molar-refractivity contribution in [3.8, 4) is 0 Å². The van der Waals surface area contributed by atoms with Crippen LogP contribution in [0.15, 0.2) is 65.2 Å². The fourth-order valence-corrected chi connectivity index (χ4v) is 4.35. The Kier molecular flexibility index (Phi) is 5.70. The Morgan fingerprint density at radius 2 is 1.87 bits per heavy atom. The Balaban J connectivity index is 1.62. The number of rotatable bonds is 5. The number of carbonyl (C=O) groups excluding carboxylic acids is 2. The average Bonchev–Trinajstić information content (AvgIpc) is 2.77. The standard InChI is InChI=1S/C23H23N3O4/c27-22-14-17(20-8-4-5-9-21(20)24-22)15-25(18-6-2-1-3-7-18)23(28)16-10-12-19(13-11-16)26(29)30/h4-5,8-14,18,20H,1-3,6-7,15H2. The van der Waals surface area contributed by atoms with Gasteiger partial charge < -0.3 is 4.90 Å². The van der Waals surface area contributed by atoms with Crippen molar-refractivity contribution < 1.29 is 14.5 Å². The summed E-state index contributed by atoms with van der Waals surface area (Å²) in [5.74, 6) is -0.574. The highest BCUT2D eigenvalue weighted by molar-refractivity contribution is 6.12. The van der Waals surface area contributed by atoms with E-state index in [0.717, 1.165) is 37.7 Å². The van der Waals surface area contributed by atoms with Gasteiger partial charge in [0, 0.05) is 42.3 Å². The summed E-state index contributed by atoms with van der Waals surface area (Å²) in [6, 6.07) is 5.81. The van der Waals surface area contributed by atoms with E-state index < -0.39 is 4.92 Å². The summed E-state index contributed by atoms with van der Waals surface area (Å²) in [7, 11) is 0. The number of allylic oxidation sites excluding steroid dienone is 4. The molecular weight excluding hydrogens is 382 g/mol. The van der Waals surface area contributed by atoms with Crippen LogP contribution in [-0.2, 0) is 4.79 Å². The van der Waals surface area contributed by atoms with Gasteiger partial charge in [0.15, 0.2) is 0 Å². The smallest absolute Gasteiger partial charge is 0.270 e. The predicted molar refractivity (Wildman–Crippen MR) is 113 cm³/mol. The van der Waals surface area contributed by atoms with E-state index in [1.54, 1.807) is 0 Å². The molecule has 1 atom stereocenters. The molecule has 0 N–H and O–H groups in total. The maximum atomic E-state index is 13.4. The van der Waals surface area contributed by atoms with Crippen LogP contribution in [0.2, 0.25) is 0 Å². The second-order valence-corrected chi connectivity index (χ2v) is 7.84. The van der Waals surface area contributed by atoms with Gasteiger partial charge in [0.2, 0.25) is 0 Å². The summed E-state index contributed by atoms with van der Waals surface area (Å²) in [5.41, 5.74) is 1.93. The molecule has 1 aliphatic heterocycles. The van der Waals surface area contributed by atoms with Crippen LogP contribution < -0.4 is 0 Å². The topological polar surface area (TPSA) is 92.9 Å². The van der Waals surface area contributed by atoms with Crippen molar-refractivity contribution >= 4 is 23.2 Å². The average molecular weight is 405 g/mol. The highest BCUT2D eigenvalue weighted by Crippen LogP contribution is 2.29. The van der Waals surface area contributed by atoms with E-state index in [2.05, 4.69) is 4.99 Å². The molecule has 7 nitrogen and oxygen atoms in total. The molecule has 2 amide bonds.